The summed E-state index contributed by atoms with van der Waals surface area (Å²) in [5.74, 6) is -0.709. The Kier molecular flexibility index (Phi) is 9.08. The summed E-state index contributed by atoms with van der Waals surface area (Å²) in [7, 11) is 1.35. The Balaban J connectivity index is 1.85. The first-order chi connectivity index (χ1) is 18.6. The van der Waals surface area contributed by atoms with Crippen molar-refractivity contribution in [1.29, 1.82) is 0 Å². The van der Waals surface area contributed by atoms with Crippen molar-refractivity contribution in [3.05, 3.63) is 35.4 Å². The molecule has 0 radical (unpaired) electrons. The summed E-state index contributed by atoms with van der Waals surface area (Å²) >= 11 is 0. The van der Waals surface area contributed by atoms with Gasteiger partial charge in [-0.1, -0.05) is 6.07 Å². The summed E-state index contributed by atoms with van der Waals surface area (Å²) in [6, 6.07) is 6.90. The average Bonchev–Trinajstić information content (AvgIpc) is 2.92. The zero-order valence-electron chi connectivity index (χ0n) is 21.8. The van der Waals surface area contributed by atoms with Crippen molar-refractivity contribution >= 4 is 11.8 Å². The van der Waals surface area contributed by atoms with Crippen LogP contribution >= 0.6 is 0 Å². The zero-order valence-corrected chi connectivity index (χ0v) is 21.8. The third-order valence-electron chi connectivity index (χ3n) is 7.00. The summed E-state index contributed by atoms with van der Waals surface area (Å²) in [5.41, 5.74) is 2.18. The van der Waals surface area contributed by atoms with E-state index in [1.807, 2.05) is 0 Å². The maximum atomic E-state index is 12.5. The van der Waals surface area contributed by atoms with Gasteiger partial charge < -0.3 is 44.5 Å². The van der Waals surface area contributed by atoms with Gasteiger partial charge in [0.1, 0.15) is 35.9 Å². The molecule has 5 N–H and O–H groups in total. The number of aliphatic hydroxyl groups is 4. The van der Waals surface area contributed by atoms with E-state index in [4.69, 9.17) is 18.9 Å². The van der Waals surface area contributed by atoms with Crippen molar-refractivity contribution in [1.82, 2.24) is 0 Å². The molecule has 1 fully saturated rings. The number of ketones is 1. The van der Waals surface area contributed by atoms with Crippen molar-refractivity contribution in [3.8, 4) is 34.1 Å². The molecule has 1 heterocycles. The highest BCUT2D eigenvalue weighted by Gasteiger charge is 2.45. The Morgan fingerprint density at radius 2 is 1.72 bits per heavy atom. The Labute approximate surface area is 225 Å². The number of phenolic OH excluding ortho intramolecular Hbond substituents is 1. The average molecular weight is 547 g/mol. The number of phenols is 1. The first-order valence-corrected chi connectivity index (χ1v) is 12.9. The summed E-state index contributed by atoms with van der Waals surface area (Å²) in [4.78, 5) is 24.3. The number of hydrogen-bond acceptors (Lipinski definition) is 11. The first kappa shape index (κ1) is 28.8. The van der Waals surface area contributed by atoms with E-state index < -0.39 is 49.0 Å². The molecule has 11 nitrogen and oxygen atoms in total. The van der Waals surface area contributed by atoms with Crippen molar-refractivity contribution < 1.29 is 54.1 Å². The van der Waals surface area contributed by atoms with Crippen LogP contribution in [0.2, 0.25) is 0 Å². The molecule has 0 aromatic heterocycles. The molecule has 212 valence electrons. The van der Waals surface area contributed by atoms with Crippen LogP contribution < -0.4 is 14.2 Å². The van der Waals surface area contributed by atoms with E-state index >= 15 is 0 Å². The SMILES string of the molecule is COc1c2cc(c(O[C@@H]3O[C@H](CO)[C@@H](O)[C@H](O)[C@H]3O)c1O)CCCCC(=O)CCc1ccc(OC(C)=O)c-2c1. The van der Waals surface area contributed by atoms with Crippen molar-refractivity contribution in [2.45, 2.75) is 76.2 Å². The topological polar surface area (TPSA) is 172 Å². The second kappa shape index (κ2) is 12.3. The summed E-state index contributed by atoms with van der Waals surface area (Å²) in [6.07, 6.45) is -4.94. The van der Waals surface area contributed by atoms with Gasteiger partial charge in [0.05, 0.1) is 13.7 Å². The van der Waals surface area contributed by atoms with E-state index in [-0.39, 0.29) is 23.0 Å². The predicted molar refractivity (Wildman–Crippen MR) is 137 cm³/mol. The van der Waals surface area contributed by atoms with Gasteiger partial charge in [-0.2, -0.15) is 0 Å². The number of benzene rings is 2. The minimum Gasteiger partial charge on any atom is -0.502 e. The standard InChI is InChI=1S/C28H34O11/c1-14(30)37-20-10-8-15-7-9-17(31)6-4-3-5-16-12-19(18(20)11-15)27(36-2)25(35)26(16)39-28-24(34)23(33)22(32)21(13-29)38-28/h8,10-12,21-24,28-29,32-35H,3-7,9,13H2,1-2H3/t21-,22-,23+,24-,28+/m1/s1. The lowest BCUT2D eigenvalue weighted by Gasteiger charge is -2.39. The number of hydrogen-bond donors (Lipinski definition) is 5. The number of rotatable bonds is 5. The van der Waals surface area contributed by atoms with Crippen LogP contribution in [0.4, 0.5) is 0 Å². The van der Waals surface area contributed by atoms with Gasteiger partial charge in [0.2, 0.25) is 12.0 Å². The number of carbonyl (C=O) groups is 2. The summed E-state index contributed by atoms with van der Waals surface area (Å²) in [5, 5.41) is 51.7. The van der Waals surface area contributed by atoms with Gasteiger partial charge in [-0.05, 0) is 55.0 Å². The molecule has 1 saturated heterocycles. The third kappa shape index (κ3) is 6.18. The molecule has 4 rings (SSSR count). The van der Waals surface area contributed by atoms with Crippen LogP contribution in [0.25, 0.3) is 11.1 Å². The Morgan fingerprint density at radius 1 is 0.974 bits per heavy atom. The van der Waals surface area contributed by atoms with Crippen LogP contribution in [0.1, 0.15) is 43.7 Å². The van der Waals surface area contributed by atoms with Crippen molar-refractivity contribution in [2.24, 2.45) is 0 Å². The number of carbonyl (C=O) groups excluding carboxylic acids is 2. The molecular weight excluding hydrogens is 512 g/mol. The van der Waals surface area contributed by atoms with Crippen LogP contribution in [0, 0.1) is 0 Å². The van der Waals surface area contributed by atoms with Gasteiger partial charge in [-0.25, -0.2) is 0 Å². The molecule has 4 bridgehead atoms. The quantitative estimate of drug-likeness (QED) is 0.271. The van der Waals surface area contributed by atoms with Crippen molar-refractivity contribution in [3.63, 3.8) is 0 Å². The van der Waals surface area contributed by atoms with E-state index in [0.717, 1.165) is 5.56 Å². The van der Waals surface area contributed by atoms with E-state index in [0.29, 0.717) is 55.2 Å². The minimum atomic E-state index is -1.69. The molecule has 2 aromatic rings. The molecule has 2 aromatic carbocycles. The largest absolute Gasteiger partial charge is 0.502 e. The first-order valence-electron chi connectivity index (χ1n) is 12.9. The number of aromatic hydroxyl groups is 1. The highest BCUT2D eigenvalue weighted by molar-refractivity contribution is 5.84. The molecule has 2 aliphatic rings. The number of aryl methyl sites for hydroxylation is 2. The lowest BCUT2D eigenvalue weighted by atomic mass is 9.95. The second-order valence-electron chi connectivity index (χ2n) is 9.78. The van der Waals surface area contributed by atoms with Crippen LogP contribution in [0.3, 0.4) is 0 Å². The minimum absolute atomic E-state index is 0.00478. The van der Waals surface area contributed by atoms with E-state index in [2.05, 4.69) is 0 Å². The zero-order chi connectivity index (χ0) is 28.3. The molecule has 0 saturated carbocycles. The number of fused-ring (bicyclic) bond motifs is 5. The fraction of sp³-hybridized carbons (Fsp3) is 0.500. The molecule has 0 unspecified atom stereocenters. The second-order valence-corrected chi connectivity index (χ2v) is 9.78. The van der Waals surface area contributed by atoms with Crippen molar-refractivity contribution in [2.75, 3.05) is 13.7 Å². The maximum Gasteiger partial charge on any atom is 0.308 e. The summed E-state index contributed by atoms with van der Waals surface area (Å²) < 4.78 is 22.4. The van der Waals surface area contributed by atoms with Gasteiger partial charge in [0, 0.05) is 30.9 Å². The number of ether oxygens (including phenoxy) is 4. The molecule has 1 aliphatic carbocycles. The molecule has 0 amide bonds. The Hall–Kier alpha value is -3.22. The molecular formula is C28H34O11. The number of aliphatic hydroxyl groups excluding tert-OH is 4. The lowest BCUT2D eigenvalue weighted by molar-refractivity contribution is -0.277. The summed E-state index contributed by atoms with van der Waals surface area (Å²) in [6.45, 7) is 0.631. The van der Waals surface area contributed by atoms with Crippen LogP contribution in [-0.4, -0.2) is 81.7 Å². The number of esters is 1. The van der Waals surface area contributed by atoms with Gasteiger partial charge in [-0.3, -0.25) is 9.59 Å². The highest BCUT2D eigenvalue weighted by Crippen LogP contribution is 2.49. The maximum absolute atomic E-state index is 12.5. The smallest absolute Gasteiger partial charge is 0.308 e. The molecule has 0 spiro atoms. The highest BCUT2D eigenvalue weighted by atomic mass is 16.7. The van der Waals surface area contributed by atoms with Gasteiger partial charge >= 0.3 is 5.97 Å². The van der Waals surface area contributed by atoms with E-state index in [1.165, 1.54) is 14.0 Å². The van der Waals surface area contributed by atoms with Gasteiger partial charge in [-0.15, -0.1) is 0 Å². The molecule has 5 atom stereocenters. The Bertz CT molecular complexity index is 1210. The predicted octanol–water partition coefficient (Wildman–Crippen LogP) is 1.40. The van der Waals surface area contributed by atoms with E-state index in [1.54, 1.807) is 24.3 Å². The van der Waals surface area contributed by atoms with Crippen LogP contribution in [0.5, 0.6) is 23.0 Å². The number of Topliss-reactive ketones (excluding diaryl/α,β-unsaturated/α-hetero) is 1. The normalized spacial score (nSPS) is 25.6. The molecule has 11 heteroatoms. The fourth-order valence-corrected chi connectivity index (χ4v) is 4.93. The molecule has 39 heavy (non-hydrogen) atoms. The number of methoxy groups -OCH3 is 1. The van der Waals surface area contributed by atoms with Gasteiger partial charge in [0.25, 0.3) is 0 Å². The monoisotopic (exact) mass is 546 g/mol. The molecule has 1 aliphatic heterocycles. The third-order valence-corrected chi connectivity index (χ3v) is 7.00. The fourth-order valence-electron chi connectivity index (χ4n) is 4.93. The lowest BCUT2D eigenvalue weighted by Crippen LogP contribution is -2.60. The van der Waals surface area contributed by atoms with Crippen LogP contribution in [0.15, 0.2) is 24.3 Å². The van der Waals surface area contributed by atoms with Gasteiger partial charge in [0.15, 0.2) is 11.5 Å². The van der Waals surface area contributed by atoms with Crippen LogP contribution in [-0.2, 0) is 27.2 Å². The van der Waals surface area contributed by atoms with E-state index in [9.17, 15) is 35.1 Å². The Morgan fingerprint density at radius 3 is 2.41 bits per heavy atom.